The zero-order valence-corrected chi connectivity index (χ0v) is 7.80. The van der Waals surface area contributed by atoms with Gasteiger partial charge in [-0.15, -0.1) is 0 Å². The summed E-state index contributed by atoms with van der Waals surface area (Å²) < 4.78 is 0. The van der Waals surface area contributed by atoms with Gasteiger partial charge in [-0.1, -0.05) is 11.6 Å². The molecule has 0 spiro atoms. The molecule has 0 aliphatic heterocycles. The van der Waals surface area contributed by atoms with Crippen LogP contribution in [0.2, 0.25) is 5.02 Å². The van der Waals surface area contributed by atoms with E-state index in [0.29, 0.717) is 0 Å². The second-order valence-electron chi connectivity index (χ2n) is 2.18. The molecule has 0 aliphatic carbocycles. The van der Waals surface area contributed by atoms with E-state index in [-0.39, 0.29) is 5.91 Å². The monoisotopic (exact) mass is 186 g/mol. The van der Waals surface area contributed by atoms with Crippen molar-refractivity contribution in [3.8, 4) is 0 Å². The van der Waals surface area contributed by atoms with E-state index in [1.807, 2.05) is 19.1 Å². The van der Waals surface area contributed by atoms with Crippen LogP contribution in [-0.2, 0) is 4.79 Å². The van der Waals surface area contributed by atoms with Crippen LogP contribution in [0, 0.1) is 6.92 Å². The van der Waals surface area contributed by atoms with Gasteiger partial charge in [0.1, 0.15) is 0 Å². The Morgan fingerprint density at radius 3 is 2.42 bits per heavy atom. The van der Waals surface area contributed by atoms with Gasteiger partial charge in [-0.05, 0) is 19.1 Å². The van der Waals surface area contributed by atoms with Crippen molar-refractivity contribution >= 4 is 17.5 Å². The van der Waals surface area contributed by atoms with Gasteiger partial charge in [0.25, 0.3) is 0 Å². The summed E-state index contributed by atoms with van der Waals surface area (Å²) in [5, 5.41) is 0.729. The smallest absolute Gasteiger partial charge is 0.214 e. The van der Waals surface area contributed by atoms with E-state index in [2.05, 4.69) is 10.7 Å². The summed E-state index contributed by atoms with van der Waals surface area (Å²) in [5.41, 5.74) is 5.36. The first kappa shape index (κ1) is 10.9. The van der Waals surface area contributed by atoms with Crippen molar-refractivity contribution < 1.29 is 4.79 Å². The lowest BCUT2D eigenvalue weighted by Gasteiger charge is -1.90. The minimum absolute atomic E-state index is 0.333. The molecule has 4 heteroatoms. The average Bonchev–Trinajstić information content (AvgIpc) is 1.94. The Kier molecular flexibility index (Phi) is 5.04. The predicted molar refractivity (Wildman–Crippen MR) is 48.9 cm³/mol. The first-order valence-corrected chi connectivity index (χ1v) is 3.75. The fraction of sp³-hybridized carbons (Fsp3) is 0.250. The number of nitrogens with zero attached hydrogens (tertiary/aromatic N) is 1. The van der Waals surface area contributed by atoms with Gasteiger partial charge in [0.2, 0.25) is 5.91 Å². The maximum atomic E-state index is 9.22. The van der Waals surface area contributed by atoms with Gasteiger partial charge in [0.05, 0.1) is 10.7 Å². The first-order chi connectivity index (χ1) is 5.54. The number of hydrogen-bond acceptors (Lipinski definition) is 2. The summed E-state index contributed by atoms with van der Waals surface area (Å²) in [7, 11) is 0. The molecule has 1 amide bonds. The molecule has 12 heavy (non-hydrogen) atoms. The van der Waals surface area contributed by atoms with Gasteiger partial charge in [0, 0.05) is 13.1 Å². The second kappa shape index (κ2) is 5.55. The third-order valence-electron chi connectivity index (χ3n) is 0.942. The third-order valence-corrected chi connectivity index (χ3v) is 1.34. The quantitative estimate of drug-likeness (QED) is 0.668. The highest BCUT2D eigenvalue weighted by molar-refractivity contribution is 6.31. The predicted octanol–water partition coefficient (Wildman–Crippen LogP) is 1.54. The minimum Gasteiger partial charge on any atom is -0.370 e. The number of aromatic nitrogens is 1. The number of rotatable bonds is 0. The zero-order chi connectivity index (χ0) is 9.56. The highest BCUT2D eigenvalue weighted by atomic mass is 35.5. The average molecular weight is 187 g/mol. The Balaban J connectivity index is 0.000000261. The molecule has 1 heterocycles. The maximum absolute atomic E-state index is 9.22. The summed E-state index contributed by atoms with van der Waals surface area (Å²) >= 11 is 5.65. The molecule has 0 unspecified atom stereocenters. The molecule has 2 N–H and O–H groups in total. The van der Waals surface area contributed by atoms with Gasteiger partial charge in [-0.25, -0.2) is 0 Å². The number of nitrogens with two attached hydrogens (primary N) is 1. The van der Waals surface area contributed by atoms with Crippen LogP contribution in [0.4, 0.5) is 0 Å². The van der Waals surface area contributed by atoms with Gasteiger partial charge in [0.15, 0.2) is 0 Å². The van der Waals surface area contributed by atoms with Crippen LogP contribution < -0.4 is 5.73 Å². The van der Waals surface area contributed by atoms with E-state index >= 15 is 0 Å². The van der Waals surface area contributed by atoms with Crippen molar-refractivity contribution in [3.63, 3.8) is 0 Å². The maximum Gasteiger partial charge on any atom is 0.214 e. The Morgan fingerprint density at radius 1 is 1.67 bits per heavy atom. The molecule has 0 bridgehead atoms. The molecule has 0 aliphatic rings. The molecule has 0 radical (unpaired) electrons. The molecule has 3 nitrogen and oxygen atoms in total. The number of aryl methyl sites for hydroxylation is 1. The Hall–Kier alpha value is -1.09. The normalized spacial score (nSPS) is 8.25. The van der Waals surface area contributed by atoms with Gasteiger partial charge in [-0.3, -0.25) is 9.78 Å². The highest BCUT2D eigenvalue weighted by Gasteiger charge is 1.88. The second-order valence-corrected chi connectivity index (χ2v) is 2.59. The summed E-state index contributed by atoms with van der Waals surface area (Å²) in [6.45, 7) is 3.18. The van der Waals surface area contributed by atoms with Gasteiger partial charge >= 0.3 is 0 Å². The molecule has 0 fully saturated rings. The summed E-state index contributed by atoms with van der Waals surface area (Å²) in [6, 6.07) is 3.64. The Bertz CT molecular complexity index is 238. The standard InChI is InChI=1S/C6H6ClN.C2H5NO/c1-5-6(7)3-2-4-8-5;1-2(3)4/h2-4H,1H3;1H3,(H2,3,4). The summed E-state index contributed by atoms with van der Waals surface area (Å²) in [6.07, 6.45) is 1.72. The van der Waals surface area contributed by atoms with Crippen LogP contribution in [0.3, 0.4) is 0 Å². The molecule has 0 saturated carbocycles. The Morgan fingerprint density at radius 2 is 2.17 bits per heavy atom. The van der Waals surface area contributed by atoms with Crippen molar-refractivity contribution in [1.82, 2.24) is 4.98 Å². The first-order valence-electron chi connectivity index (χ1n) is 3.37. The lowest BCUT2D eigenvalue weighted by molar-refractivity contribution is -0.115. The number of hydrogen-bond donors (Lipinski definition) is 1. The number of amides is 1. The zero-order valence-electron chi connectivity index (χ0n) is 7.04. The Labute approximate surface area is 76.6 Å². The molecule has 1 aromatic heterocycles. The third kappa shape index (κ3) is 5.68. The van der Waals surface area contributed by atoms with Gasteiger partial charge < -0.3 is 5.73 Å². The molecule has 0 aromatic carbocycles. The highest BCUT2D eigenvalue weighted by Crippen LogP contribution is 2.08. The van der Waals surface area contributed by atoms with E-state index in [4.69, 9.17) is 11.6 Å². The summed E-state index contributed by atoms with van der Waals surface area (Å²) in [4.78, 5) is 13.2. The van der Waals surface area contributed by atoms with Crippen molar-refractivity contribution in [2.75, 3.05) is 0 Å². The lowest BCUT2D eigenvalue weighted by atomic mass is 10.4. The van der Waals surface area contributed by atoms with Crippen LogP contribution in [0.15, 0.2) is 18.3 Å². The molecule has 1 aromatic rings. The molecular formula is C8H11ClN2O. The number of carbonyl (C=O) groups excluding carboxylic acids is 1. The van der Waals surface area contributed by atoms with Crippen LogP contribution in [0.25, 0.3) is 0 Å². The van der Waals surface area contributed by atoms with Crippen LogP contribution in [-0.4, -0.2) is 10.9 Å². The minimum atomic E-state index is -0.333. The van der Waals surface area contributed by atoms with Crippen LogP contribution in [0.5, 0.6) is 0 Å². The molecule has 0 atom stereocenters. The van der Waals surface area contributed by atoms with Crippen LogP contribution in [0.1, 0.15) is 12.6 Å². The molecular weight excluding hydrogens is 176 g/mol. The molecule has 1 rings (SSSR count). The number of carbonyl (C=O) groups is 1. The molecule has 66 valence electrons. The van der Waals surface area contributed by atoms with E-state index in [0.717, 1.165) is 10.7 Å². The topological polar surface area (TPSA) is 56.0 Å². The summed E-state index contributed by atoms with van der Waals surface area (Å²) in [5.74, 6) is -0.333. The molecule has 0 saturated heterocycles. The van der Waals surface area contributed by atoms with Crippen molar-refractivity contribution in [2.45, 2.75) is 13.8 Å². The van der Waals surface area contributed by atoms with E-state index in [9.17, 15) is 4.79 Å². The van der Waals surface area contributed by atoms with Gasteiger partial charge in [-0.2, -0.15) is 0 Å². The largest absolute Gasteiger partial charge is 0.370 e. The van der Waals surface area contributed by atoms with Crippen molar-refractivity contribution in [1.29, 1.82) is 0 Å². The number of primary amides is 1. The fourth-order valence-electron chi connectivity index (χ4n) is 0.465. The number of halogens is 1. The van der Waals surface area contributed by atoms with Crippen molar-refractivity contribution in [2.24, 2.45) is 5.73 Å². The van der Waals surface area contributed by atoms with Crippen LogP contribution >= 0.6 is 11.6 Å². The van der Waals surface area contributed by atoms with Crippen molar-refractivity contribution in [3.05, 3.63) is 29.0 Å². The fourth-order valence-corrected chi connectivity index (χ4v) is 0.586. The van der Waals surface area contributed by atoms with E-state index in [1.54, 1.807) is 6.20 Å². The van der Waals surface area contributed by atoms with E-state index in [1.165, 1.54) is 6.92 Å². The van der Waals surface area contributed by atoms with E-state index < -0.39 is 0 Å². The number of pyridine rings is 1. The lowest BCUT2D eigenvalue weighted by Crippen LogP contribution is -2.01. The SMILES string of the molecule is CC(N)=O.Cc1ncccc1Cl.